The first kappa shape index (κ1) is 19.4. The molecule has 3 fully saturated rings. The number of rotatable bonds is 3. The lowest BCUT2D eigenvalue weighted by Gasteiger charge is -2.28. The minimum atomic E-state index is -0.638. The van der Waals surface area contributed by atoms with Crippen LogP contribution in [-0.2, 0) is 16.6 Å². The highest BCUT2D eigenvalue weighted by Crippen LogP contribution is 2.34. The zero-order valence-electron chi connectivity index (χ0n) is 17.4. The van der Waals surface area contributed by atoms with Crippen LogP contribution in [0.15, 0.2) is 23.0 Å². The summed E-state index contributed by atoms with van der Waals surface area (Å²) in [6, 6.07) is 5.45. The van der Waals surface area contributed by atoms with E-state index in [1.165, 1.54) is 19.3 Å². The van der Waals surface area contributed by atoms with Gasteiger partial charge < -0.3 is 10.2 Å². The quantitative estimate of drug-likeness (QED) is 0.740. The average Bonchev–Trinajstić information content (AvgIpc) is 3.34. The molecule has 5 rings (SSSR count). The fourth-order valence-electron chi connectivity index (χ4n) is 5.50. The van der Waals surface area contributed by atoms with Crippen molar-refractivity contribution in [2.75, 3.05) is 31.1 Å². The van der Waals surface area contributed by atoms with Crippen LogP contribution in [0.25, 0.3) is 11.0 Å². The Labute approximate surface area is 175 Å². The Morgan fingerprint density at radius 2 is 1.77 bits per heavy atom. The third kappa shape index (κ3) is 3.23. The van der Waals surface area contributed by atoms with Gasteiger partial charge in [0.2, 0.25) is 11.8 Å². The smallest absolute Gasteiger partial charge is 0.329 e. The van der Waals surface area contributed by atoms with Crippen molar-refractivity contribution in [1.82, 2.24) is 19.8 Å². The molecule has 1 unspecified atom stereocenters. The molecule has 3 aliphatic heterocycles. The van der Waals surface area contributed by atoms with Crippen molar-refractivity contribution in [2.24, 2.45) is 18.9 Å². The molecule has 3 saturated heterocycles. The monoisotopic (exact) mass is 411 g/mol. The molecule has 8 heteroatoms. The van der Waals surface area contributed by atoms with Crippen molar-refractivity contribution < 1.29 is 9.59 Å². The standard InChI is InChI=1S/C22H29N5O3/c1-25-19-12-16(26-11-8-15(13-26)14-6-9-23-10-7-14)2-3-17(19)27(22(25)30)18-4-5-20(28)24-21(18)29/h2-3,12,14-15,18,23H,4-11,13H2,1H3,(H,24,28,29)/t15-,18?/m1/s1. The van der Waals surface area contributed by atoms with E-state index in [0.29, 0.717) is 6.42 Å². The molecule has 8 nitrogen and oxygen atoms in total. The predicted octanol–water partition coefficient (Wildman–Crippen LogP) is 1.14. The van der Waals surface area contributed by atoms with Crippen LogP contribution < -0.4 is 21.2 Å². The van der Waals surface area contributed by atoms with E-state index < -0.39 is 11.9 Å². The lowest BCUT2D eigenvalue weighted by molar-refractivity contribution is -0.135. The van der Waals surface area contributed by atoms with Gasteiger partial charge in [-0.1, -0.05) is 0 Å². The van der Waals surface area contributed by atoms with E-state index in [-0.39, 0.29) is 18.0 Å². The molecule has 1 aromatic heterocycles. The summed E-state index contributed by atoms with van der Waals surface area (Å²) < 4.78 is 3.16. The second-order valence-corrected chi connectivity index (χ2v) is 8.93. The maximum absolute atomic E-state index is 12.9. The van der Waals surface area contributed by atoms with Crippen LogP contribution in [0.4, 0.5) is 5.69 Å². The molecule has 2 N–H and O–H groups in total. The SMILES string of the molecule is Cn1c(=O)n(C2CCC(=O)NC2=O)c2ccc(N3CC[C@@H](C4CCNCC4)C3)cc21. The van der Waals surface area contributed by atoms with Gasteiger partial charge in [-0.05, 0) is 68.8 Å². The fraction of sp³-hybridized carbons (Fsp3) is 0.591. The molecule has 160 valence electrons. The Balaban J connectivity index is 1.43. The van der Waals surface area contributed by atoms with E-state index in [2.05, 4.69) is 27.7 Å². The van der Waals surface area contributed by atoms with Crippen molar-refractivity contribution in [3.05, 3.63) is 28.7 Å². The highest BCUT2D eigenvalue weighted by molar-refractivity contribution is 6.00. The number of nitrogens with zero attached hydrogens (tertiary/aromatic N) is 3. The lowest BCUT2D eigenvalue weighted by atomic mass is 9.84. The zero-order valence-corrected chi connectivity index (χ0v) is 17.4. The molecule has 2 aromatic rings. The first-order valence-corrected chi connectivity index (χ1v) is 11.0. The Morgan fingerprint density at radius 3 is 2.53 bits per heavy atom. The Kier molecular flexibility index (Phi) is 4.89. The third-order valence-corrected chi connectivity index (χ3v) is 7.24. The molecule has 30 heavy (non-hydrogen) atoms. The van der Waals surface area contributed by atoms with Crippen LogP contribution >= 0.6 is 0 Å². The Hall–Kier alpha value is -2.61. The second-order valence-electron chi connectivity index (χ2n) is 8.93. The van der Waals surface area contributed by atoms with Crippen LogP contribution in [-0.4, -0.2) is 47.1 Å². The number of hydrogen-bond acceptors (Lipinski definition) is 5. The van der Waals surface area contributed by atoms with Crippen molar-refractivity contribution in [3.63, 3.8) is 0 Å². The normalized spacial score (nSPS) is 25.8. The summed E-state index contributed by atoms with van der Waals surface area (Å²) in [5.74, 6) is 0.871. The second kappa shape index (κ2) is 7.58. The van der Waals surface area contributed by atoms with Gasteiger partial charge in [0.25, 0.3) is 0 Å². The number of fused-ring (bicyclic) bond motifs is 1. The number of amides is 2. The maximum atomic E-state index is 12.9. The molecular weight excluding hydrogens is 382 g/mol. The van der Waals surface area contributed by atoms with Gasteiger partial charge in [0, 0.05) is 32.2 Å². The number of carbonyl (C=O) groups is 2. The first-order valence-electron chi connectivity index (χ1n) is 11.0. The summed E-state index contributed by atoms with van der Waals surface area (Å²) in [5.41, 5.74) is 2.49. The molecule has 3 aliphatic rings. The van der Waals surface area contributed by atoms with E-state index in [1.54, 1.807) is 16.2 Å². The molecular formula is C22H29N5O3. The molecule has 0 aliphatic carbocycles. The van der Waals surface area contributed by atoms with Crippen LogP contribution in [0.3, 0.4) is 0 Å². The van der Waals surface area contributed by atoms with Gasteiger partial charge in [0.15, 0.2) is 0 Å². The molecule has 2 amide bonds. The lowest BCUT2D eigenvalue weighted by Crippen LogP contribution is -2.44. The molecule has 1 aromatic carbocycles. The first-order chi connectivity index (χ1) is 14.5. The summed E-state index contributed by atoms with van der Waals surface area (Å²) in [6.45, 7) is 4.37. The number of aryl methyl sites for hydroxylation is 1. The van der Waals surface area contributed by atoms with Crippen molar-refractivity contribution >= 4 is 28.5 Å². The number of anilines is 1. The number of nitrogens with one attached hydrogen (secondary N) is 2. The van der Waals surface area contributed by atoms with Crippen LogP contribution in [0.2, 0.25) is 0 Å². The molecule has 0 saturated carbocycles. The maximum Gasteiger partial charge on any atom is 0.329 e. The number of carbonyl (C=O) groups excluding carboxylic acids is 2. The van der Waals surface area contributed by atoms with Gasteiger partial charge >= 0.3 is 5.69 Å². The van der Waals surface area contributed by atoms with E-state index in [4.69, 9.17) is 0 Å². The van der Waals surface area contributed by atoms with E-state index in [0.717, 1.165) is 54.7 Å². The predicted molar refractivity (Wildman–Crippen MR) is 115 cm³/mol. The van der Waals surface area contributed by atoms with Gasteiger partial charge in [0.05, 0.1) is 11.0 Å². The van der Waals surface area contributed by atoms with E-state index in [1.807, 2.05) is 6.07 Å². The number of piperidine rings is 2. The van der Waals surface area contributed by atoms with Gasteiger partial charge in [-0.3, -0.25) is 24.0 Å². The van der Waals surface area contributed by atoms with Crippen molar-refractivity contribution in [1.29, 1.82) is 0 Å². The van der Waals surface area contributed by atoms with Crippen molar-refractivity contribution in [3.8, 4) is 0 Å². The number of imidazole rings is 1. The number of benzene rings is 1. The average molecular weight is 412 g/mol. The number of aromatic nitrogens is 2. The zero-order chi connectivity index (χ0) is 20.8. The van der Waals surface area contributed by atoms with Crippen LogP contribution in [0, 0.1) is 11.8 Å². The van der Waals surface area contributed by atoms with E-state index >= 15 is 0 Å². The largest absolute Gasteiger partial charge is 0.371 e. The Bertz CT molecular complexity index is 1050. The molecule has 0 spiro atoms. The topological polar surface area (TPSA) is 88.4 Å². The minimum Gasteiger partial charge on any atom is -0.371 e. The van der Waals surface area contributed by atoms with Gasteiger partial charge in [-0.2, -0.15) is 0 Å². The summed E-state index contributed by atoms with van der Waals surface area (Å²) in [6.07, 6.45) is 4.36. The van der Waals surface area contributed by atoms with Crippen LogP contribution in [0.5, 0.6) is 0 Å². The number of imide groups is 1. The molecule has 0 bridgehead atoms. The van der Waals surface area contributed by atoms with Gasteiger partial charge in [-0.15, -0.1) is 0 Å². The van der Waals surface area contributed by atoms with Gasteiger partial charge in [-0.25, -0.2) is 4.79 Å². The Morgan fingerprint density at radius 1 is 0.967 bits per heavy atom. The summed E-state index contributed by atoms with van der Waals surface area (Å²) in [7, 11) is 1.75. The van der Waals surface area contributed by atoms with Crippen molar-refractivity contribution in [2.45, 2.75) is 38.1 Å². The summed E-state index contributed by atoms with van der Waals surface area (Å²) in [4.78, 5) is 39.2. The molecule has 0 radical (unpaired) electrons. The van der Waals surface area contributed by atoms with E-state index in [9.17, 15) is 14.4 Å². The molecule has 4 heterocycles. The number of hydrogen-bond donors (Lipinski definition) is 2. The highest BCUT2D eigenvalue weighted by Gasteiger charge is 2.33. The third-order valence-electron chi connectivity index (χ3n) is 7.24. The minimum absolute atomic E-state index is 0.217. The summed E-state index contributed by atoms with van der Waals surface area (Å²) in [5, 5.41) is 5.81. The van der Waals surface area contributed by atoms with Crippen LogP contribution in [0.1, 0.15) is 38.1 Å². The van der Waals surface area contributed by atoms with Gasteiger partial charge in [0.1, 0.15) is 6.04 Å². The summed E-state index contributed by atoms with van der Waals surface area (Å²) >= 11 is 0. The molecule has 2 atom stereocenters. The fourth-order valence-corrected chi connectivity index (χ4v) is 5.50. The highest BCUT2D eigenvalue weighted by atomic mass is 16.2.